The molecule has 0 aliphatic carbocycles. The summed E-state index contributed by atoms with van der Waals surface area (Å²) in [5, 5.41) is 3.48. The van der Waals surface area contributed by atoms with Gasteiger partial charge in [0.1, 0.15) is 6.33 Å². The highest BCUT2D eigenvalue weighted by molar-refractivity contribution is 5.20. The fourth-order valence-electron chi connectivity index (χ4n) is 2.59. The summed E-state index contributed by atoms with van der Waals surface area (Å²) in [6, 6.07) is 11.1. The zero-order valence-electron chi connectivity index (χ0n) is 10.9. The minimum atomic E-state index is 0.426. The summed E-state index contributed by atoms with van der Waals surface area (Å²) in [6.45, 7) is 3.99. The molecule has 1 aliphatic heterocycles. The van der Waals surface area contributed by atoms with Crippen molar-refractivity contribution in [2.75, 3.05) is 19.6 Å². The number of piperazine rings is 1. The lowest BCUT2D eigenvalue weighted by molar-refractivity contribution is 0.153. The molecule has 0 amide bonds. The number of nitrogens with zero attached hydrogens (tertiary/aromatic N) is 3. The van der Waals surface area contributed by atoms with Gasteiger partial charge < -0.3 is 5.32 Å². The summed E-state index contributed by atoms with van der Waals surface area (Å²) in [5.41, 5.74) is 2.54. The zero-order chi connectivity index (χ0) is 12.9. The van der Waals surface area contributed by atoms with Crippen molar-refractivity contribution in [3.63, 3.8) is 0 Å². The molecule has 0 spiro atoms. The first-order valence-electron chi connectivity index (χ1n) is 6.67. The average Bonchev–Trinajstić information content (AvgIpc) is 2.50. The van der Waals surface area contributed by atoms with Crippen LogP contribution in [-0.4, -0.2) is 34.5 Å². The second-order valence-electron chi connectivity index (χ2n) is 4.85. The van der Waals surface area contributed by atoms with Crippen LogP contribution in [0, 0.1) is 0 Å². The maximum absolute atomic E-state index is 4.09. The van der Waals surface area contributed by atoms with E-state index in [1.807, 2.05) is 12.4 Å². The van der Waals surface area contributed by atoms with E-state index in [1.165, 1.54) is 11.1 Å². The van der Waals surface area contributed by atoms with Crippen molar-refractivity contribution < 1.29 is 0 Å². The second kappa shape index (κ2) is 5.91. The molecule has 19 heavy (non-hydrogen) atoms. The van der Waals surface area contributed by atoms with Gasteiger partial charge in [-0.05, 0) is 5.56 Å². The third-order valence-corrected chi connectivity index (χ3v) is 3.54. The number of aromatic nitrogens is 2. The molecule has 0 saturated carbocycles. The predicted molar refractivity (Wildman–Crippen MR) is 74.5 cm³/mol. The van der Waals surface area contributed by atoms with Gasteiger partial charge in [-0.1, -0.05) is 30.3 Å². The van der Waals surface area contributed by atoms with Crippen LogP contribution in [0.3, 0.4) is 0 Å². The van der Waals surface area contributed by atoms with Crippen molar-refractivity contribution in [2.24, 2.45) is 0 Å². The first kappa shape index (κ1) is 12.3. The summed E-state index contributed by atoms with van der Waals surface area (Å²) in [6.07, 6.45) is 5.38. The van der Waals surface area contributed by atoms with Crippen LogP contribution < -0.4 is 5.32 Å². The minimum Gasteiger partial charge on any atom is -0.314 e. The quantitative estimate of drug-likeness (QED) is 0.903. The molecule has 1 N–H and O–H groups in total. The van der Waals surface area contributed by atoms with Crippen molar-refractivity contribution in [1.29, 1.82) is 0 Å². The van der Waals surface area contributed by atoms with Crippen LogP contribution in [0.1, 0.15) is 17.2 Å². The summed E-state index contributed by atoms with van der Waals surface area (Å²) in [7, 11) is 0. The monoisotopic (exact) mass is 254 g/mol. The van der Waals surface area contributed by atoms with Crippen LogP contribution in [0.25, 0.3) is 0 Å². The highest BCUT2D eigenvalue weighted by atomic mass is 15.2. The van der Waals surface area contributed by atoms with Gasteiger partial charge in [0.25, 0.3) is 0 Å². The zero-order valence-corrected chi connectivity index (χ0v) is 10.9. The molecule has 1 aromatic carbocycles. The van der Waals surface area contributed by atoms with Crippen LogP contribution in [0.15, 0.2) is 49.1 Å². The van der Waals surface area contributed by atoms with Crippen LogP contribution in [0.2, 0.25) is 0 Å². The second-order valence-corrected chi connectivity index (χ2v) is 4.85. The fraction of sp³-hybridized carbons (Fsp3) is 0.333. The highest BCUT2D eigenvalue weighted by Gasteiger charge is 2.23. The Hall–Kier alpha value is -1.78. The Morgan fingerprint density at radius 3 is 2.74 bits per heavy atom. The SMILES string of the molecule is c1ccc([C@H]2CNCCN2Cc2cncnc2)cc1. The fourth-order valence-corrected chi connectivity index (χ4v) is 2.59. The Kier molecular flexibility index (Phi) is 3.81. The topological polar surface area (TPSA) is 41.0 Å². The van der Waals surface area contributed by atoms with E-state index in [4.69, 9.17) is 0 Å². The molecular formula is C15H18N4. The molecule has 0 radical (unpaired) electrons. The standard InChI is InChI=1S/C15H18N4/c1-2-4-14(5-3-1)15-10-16-6-7-19(15)11-13-8-17-12-18-9-13/h1-5,8-9,12,15-16H,6-7,10-11H2/t15-/m1/s1. The van der Waals surface area contributed by atoms with Crippen molar-refractivity contribution in [2.45, 2.75) is 12.6 Å². The lowest BCUT2D eigenvalue weighted by Gasteiger charge is -2.36. The van der Waals surface area contributed by atoms with E-state index in [9.17, 15) is 0 Å². The molecule has 4 nitrogen and oxygen atoms in total. The lowest BCUT2D eigenvalue weighted by atomic mass is 10.0. The van der Waals surface area contributed by atoms with Crippen molar-refractivity contribution in [3.05, 3.63) is 60.2 Å². The third kappa shape index (κ3) is 2.97. The molecule has 3 rings (SSSR count). The summed E-state index contributed by atoms with van der Waals surface area (Å²) in [5.74, 6) is 0. The van der Waals surface area contributed by atoms with E-state index in [-0.39, 0.29) is 0 Å². The molecule has 1 saturated heterocycles. The van der Waals surface area contributed by atoms with Gasteiger partial charge in [0.05, 0.1) is 0 Å². The van der Waals surface area contributed by atoms with E-state index in [0.717, 1.165) is 26.2 Å². The highest BCUT2D eigenvalue weighted by Crippen LogP contribution is 2.23. The molecule has 1 fully saturated rings. The first-order valence-corrected chi connectivity index (χ1v) is 6.67. The normalized spacial score (nSPS) is 20.3. The van der Waals surface area contributed by atoms with Crippen LogP contribution in [0.4, 0.5) is 0 Å². The summed E-state index contributed by atoms with van der Waals surface area (Å²) >= 11 is 0. The van der Waals surface area contributed by atoms with Gasteiger partial charge in [0.2, 0.25) is 0 Å². The van der Waals surface area contributed by atoms with E-state index in [0.29, 0.717) is 6.04 Å². The molecule has 1 atom stereocenters. The molecule has 2 aromatic rings. The Labute approximate surface area is 113 Å². The number of benzene rings is 1. The summed E-state index contributed by atoms with van der Waals surface area (Å²) < 4.78 is 0. The van der Waals surface area contributed by atoms with Gasteiger partial charge in [0.15, 0.2) is 0 Å². The molecule has 2 heterocycles. The van der Waals surface area contributed by atoms with Gasteiger partial charge >= 0.3 is 0 Å². The Morgan fingerprint density at radius 2 is 1.95 bits per heavy atom. The molecule has 0 bridgehead atoms. The van der Waals surface area contributed by atoms with Gasteiger partial charge in [-0.15, -0.1) is 0 Å². The molecule has 1 aromatic heterocycles. The van der Waals surface area contributed by atoms with Crippen molar-refractivity contribution in [1.82, 2.24) is 20.2 Å². The predicted octanol–water partition coefficient (Wildman–Crippen LogP) is 1.62. The van der Waals surface area contributed by atoms with Gasteiger partial charge in [-0.2, -0.15) is 0 Å². The van der Waals surface area contributed by atoms with E-state index in [2.05, 4.69) is 50.5 Å². The average molecular weight is 254 g/mol. The number of nitrogens with one attached hydrogen (secondary N) is 1. The van der Waals surface area contributed by atoms with Gasteiger partial charge in [0, 0.05) is 50.2 Å². The number of rotatable bonds is 3. The van der Waals surface area contributed by atoms with E-state index >= 15 is 0 Å². The maximum atomic E-state index is 4.09. The van der Waals surface area contributed by atoms with Crippen LogP contribution >= 0.6 is 0 Å². The molecule has 1 aliphatic rings. The first-order chi connectivity index (χ1) is 9.43. The Morgan fingerprint density at radius 1 is 1.16 bits per heavy atom. The minimum absolute atomic E-state index is 0.426. The smallest absolute Gasteiger partial charge is 0.115 e. The van der Waals surface area contributed by atoms with E-state index in [1.54, 1.807) is 6.33 Å². The molecule has 0 unspecified atom stereocenters. The largest absolute Gasteiger partial charge is 0.314 e. The Balaban J connectivity index is 1.78. The molecule has 4 heteroatoms. The van der Waals surface area contributed by atoms with Crippen molar-refractivity contribution >= 4 is 0 Å². The van der Waals surface area contributed by atoms with Gasteiger partial charge in [-0.3, -0.25) is 4.90 Å². The molecule has 98 valence electrons. The van der Waals surface area contributed by atoms with Crippen LogP contribution in [0.5, 0.6) is 0 Å². The number of hydrogen-bond donors (Lipinski definition) is 1. The maximum Gasteiger partial charge on any atom is 0.115 e. The molecular weight excluding hydrogens is 236 g/mol. The van der Waals surface area contributed by atoms with E-state index < -0.39 is 0 Å². The lowest BCUT2D eigenvalue weighted by Crippen LogP contribution is -2.45. The van der Waals surface area contributed by atoms with Gasteiger partial charge in [-0.25, -0.2) is 9.97 Å². The van der Waals surface area contributed by atoms with Crippen molar-refractivity contribution in [3.8, 4) is 0 Å². The third-order valence-electron chi connectivity index (χ3n) is 3.54. The van der Waals surface area contributed by atoms with Crippen LogP contribution in [-0.2, 0) is 6.54 Å². The summed E-state index contributed by atoms with van der Waals surface area (Å²) in [4.78, 5) is 10.7. The number of hydrogen-bond acceptors (Lipinski definition) is 4. The Bertz CT molecular complexity index is 500.